The maximum absolute atomic E-state index is 13.6. The molecule has 0 fully saturated rings. The predicted molar refractivity (Wildman–Crippen MR) is 74.6 cm³/mol. The van der Waals surface area contributed by atoms with Crippen LogP contribution in [-0.4, -0.2) is 9.97 Å². The molecule has 0 spiro atoms. The van der Waals surface area contributed by atoms with Crippen LogP contribution < -0.4 is 10.5 Å². The molecule has 0 saturated heterocycles. The second kappa shape index (κ2) is 6.13. The van der Waals surface area contributed by atoms with Crippen LogP contribution >= 0.6 is 15.9 Å². The summed E-state index contributed by atoms with van der Waals surface area (Å²) in [7, 11) is 0. The number of halogens is 3. The van der Waals surface area contributed by atoms with Crippen LogP contribution in [0.4, 0.5) is 14.6 Å². The van der Waals surface area contributed by atoms with Crippen molar-refractivity contribution in [1.29, 1.82) is 0 Å². The van der Waals surface area contributed by atoms with Crippen molar-refractivity contribution in [2.24, 2.45) is 0 Å². The molecule has 0 bridgehead atoms. The minimum absolute atomic E-state index is 0.0809. The van der Waals surface area contributed by atoms with Crippen LogP contribution in [0.3, 0.4) is 0 Å². The zero-order valence-corrected chi connectivity index (χ0v) is 12.2. The average Bonchev–Trinajstić information content (AvgIpc) is 2.35. The van der Waals surface area contributed by atoms with E-state index in [0.717, 1.165) is 12.5 Å². The molecule has 0 aliphatic rings. The van der Waals surface area contributed by atoms with Gasteiger partial charge in [-0.25, -0.2) is 9.37 Å². The number of aryl methyl sites for hydroxylation is 1. The zero-order chi connectivity index (χ0) is 14.7. The normalized spacial score (nSPS) is 10.6. The smallest absolute Gasteiger partial charge is 0.224 e. The minimum atomic E-state index is -1.08. The lowest BCUT2D eigenvalue weighted by Gasteiger charge is -2.09. The molecule has 7 heteroatoms. The van der Waals surface area contributed by atoms with E-state index in [1.54, 1.807) is 0 Å². The van der Waals surface area contributed by atoms with Gasteiger partial charge in [-0.2, -0.15) is 9.37 Å². The molecule has 1 aromatic heterocycles. The lowest BCUT2D eigenvalue weighted by Crippen LogP contribution is -2.02. The lowest BCUT2D eigenvalue weighted by atomic mass is 10.3. The lowest BCUT2D eigenvalue weighted by molar-refractivity contribution is 0.403. The van der Waals surface area contributed by atoms with E-state index in [9.17, 15) is 8.78 Å². The number of hydrogen-bond acceptors (Lipinski definition) is 4. The maximum Gasteiger partial charge on any atom is 0.224 e. The molecule has 2 aromatic rings. The van der Waals surface area contributed by atoms with Gasteiger partial charge in [0.1, 0.15) is 11.6 Å². The van der Waals surface area contributed by atoms with E-state index in [1.165, 1.54) is 12.1 Å². The highest BCUT2D eigenvalue weighted by atomic mass is 79.9. The summed E-state index contributed by atoms with van der Waals surface area (Å²) in [4.78, 5) is 8.13. The molecule has 1 aromatic carbocycles. The van der Waals surface area contributed by atoms with E-state index in [4.69, 9.17) is 10.5 Å². The fourth-order valence-corrected chi connectivity index (χ4v) is 2.01. The van der Waals surface area contributed by atoms with Gasteiger partial charge in [0.15, 0.2) is 11.6 Å². The van der Waals surface area contributed by atoms with Gasteiger partial charge in [0.05, 0.1) is 0 Å². The Morgan fingerprint density at radius 3 is 2.70 bits per heavy atom. The summed E-state index contributed by atoms with van der Waals surface area (Å²) in [6.07, 6.45) is 1.46. The highest BCUT2D eigenvalue weighted by Crippen LogP contribution is 2.29. The molecule has 0 aliphatic heterocycles. The summed E-state index contributed by atoms with van der Waals surface area (Å²) in [5.74, 6) is -1.56. The van der Waals surface area contributed by atoms with Crippen molar-refractivity contribution in [2.75, 3.05) is 5.73 Å². The summed E-state index contributed by atoms with van der Waals surface area (Å²) < 4.78 is 32.5. The van der Waals surface area contributed by atoms with Crippen LogP contribution in [0, 0.1) is 11.6 Å². The van der Waals surface area contributed by atoms with E-state index in [1.807, 2.05) is 6.92 Å². The van der Waals surface area contributed by atoms with Crippen molar-refractivity contribution in [1.82, 2.24) is 9.97 Å². The van der Waals surface area contributed by atoms with E-state index in [-0.39, 0.29) is 17.4 Å². The third-order valence-electron chi connectivity index (χ3n) is 2.42. The molecule has 0 unspecified atom stereocenters. The molecule has 0 radical (unpaired) electrons. The van der Waals surface area contributed by atoms with Crippen molar-refractivity contribution in [2.45, 2.75) is 19.8 Å². The van der Waals surface area contributed by atoms with Crippen LogP contribution in [0.25, 0.3) is 0 Å². The Morgan fingerprint density at radius 2 is 2.00 bits per heavy atom. The van der Waals surface area contributed by atoms with Crippen molar-refractivity contribution < 1.29 is 13.5 Å². The van der Waals surface area contributed by atoms with Gasteiger partial charge in [0, 0.05) is 17.0 Å². The monoisotopic (exact) mass is 343 g/mol. The van der Waals surface area contributed by atoms with Gasteiger partial charge in [0.25, 0.3) is 0 Å². The Kier molecular flexibility index (Phi) is 4.49. The predicted octanol–water partition coefficient (Wildman–Crippen LogP) is 3.84. The van der Waals surface area contributed by atoms with Crippen LogP contribution in [0.15, 0.2) is 22.7 Å². The Bertz CT molecular complexity index is 637. The van der Waals surface area contributed by atoms with Gasteiger partial charge < -0.3 is 10.5 Å². The second-order valence-corrected chi connectivity index (χ2v) is 5.01. The van der Waals surface area contributed by atoms with Crippen LogP contribution in [-0.2, 0) is 6.42 Å². The van der Waals surface area contributed by atoms with Gasteiger partial charge in [-0.3, -0.25) is 0 Å². The first kappa shape index (κ1) is 14.6. The van der Waals surface area contributed by atoms with Gasteiger partial charge in [-0.1, -0.05) is 22.9 Å². The van der Waals surface area contributed by atoms with Crippen LogP contribution in [0.1, 0.15) is 19.2 Å². The van der Waals surface area contributed by atoms with E-state index >= 15 is 0 Å². The fraction of sp³-hybridized carbons (Fsp3) is 0.231. The van der Waals surface area contributed by atoms with E-state index in [0.29, 0.717) is 16.7 Å². The third-order valence-corrected chi connectivity index (χ3v) is 2.87. The Hall–Kier alpha value is -1.76. The van der Waals surface area contributed by atoms with Crippen LogP contribution in [0.5, 0.6) is 11.6 Å². The molecule has 0 amide bonds. The average molecular weight is 344 g/mol. The number of rotatable bonds is 4. The number of nitrogen functional groups attached to an aromatic ring is 1. The second-order valence-electron chi connectivity index (χ2n) is 4.10. The first-order chi connectivity index (χ1) is 9.49. The van der Waals surface area contributed by atoms with Crippen molar-refractivity contribution in [3.8, 4) is 11.6 Å². The molecule has 1 heterocycles. The number of nitrogens with two attached hydrogens (primary N) is 1. The zero-order valence-electron chi connectivity index (χ0n) is 10.7. The van der Waals surface area contributed by atoms with E-state index in [2.05, 4.69) is 25.9 Å². The number of hydrogen-bond donors (Lipinski definition) is 1. The molecular weight excluding hydrogens is 332 g/mol. The highest BCUT2D eigenvalue weighted by Gasteiger charge is 2.13. The number of benzene rings is 1. The van der Waals surface area contributed by atoms with Gasteiger partial charge >= 0.3 is 0 Å². The van der Waals surface area contributed by atoms with E-state index < -0.39 is 11.6 Å². The first-order valence-corrected chi connectivity index (χ1v) is 6.74. The number of nitrogens with zero attached hydrogens (tertiary/aromatic N) is 2. The summed E-state index contributed by atoms with van der Waals surface area (Å²) in [5.41, 5.74) is 5.63. The van der Waals surface area contributed by atoms with Crippen molar-refractivity contribution in [3.63, 3.8) is 0 Å². The Morgan fingerprint density at radius 1 is 1.25 bits per heavy atom. The standard InChI is InChI=1S/C13H12BrF2N3O/c1-2-3-11-18-10(17)6-12(19-11)20-9-5-7(14)4-8(15)13(9)16/h4-6H,2-3H2,1H3,(H2,17,18,19). The third kappa shape index (κ3) is 3.41. The quantitative estimate of drug-likeness (QED) is 0.856. The van der Waals surface area contributed by atoms with Crippen molar-refractivity contribution >= 4 is 21.7 Å². The summed E-state index contributed by atoms with van der Waals surface area (Å²) in [5, 5.41) is 0. The highest BCUT2D eigenvalue weighted by molar-refractivity contribution is 9.10. The number of anilines is 1. The Labute approximate surface area is 123 Å². The first-order valence-electron chi connectivity index (χ1n) is 5.95. The molecule has 106 valence electrons. The van der Waals surface area contributed by atoms with Gasteiger partial charge in [0.2, 0.25) is 11.7 Å². The summed E-state index contributed by atoms with van der Waals surface area (Å²) in [6.45, 7) is 1.97. The largest absolute Gasteiger partial charge is 0.436 e. The molecule has 4 nitrogen and oxygen atoms in total. The van der Waals surface area contributed by atoms with Gasteiger partial charge in [-0.15, -0.1) is 0 Å². The Balaban J connectivity index is 2.34. The number of aromatic nitrogens is 2. The molecule has 2 N–H and O–H groups in total. The van der Waals surface area contributed by atoms with Crippen molar-refractivity contribution in [3.05, 3.63) is 40.1 Å². The summed E-state index contributed by atoms with van der Waals surface area (Å²) >= 11 is 3.07. The molecule has 0 saturated carbocycles. The molecule has 0 atom stereocenters. The fourth-order valence-electron chi connectivity index (χ4n) is 1.60. The van der Waals surface area contributed by atoms with Gasteiger partial charge in [-0.05, 0) is 18.6 Å². The summed E-state index contributed by atoms with van der Waals surface area (Å²) in [6, 6.07) is 3.69. The van der Waals surface area contributed by atoms with Crippen LogP contribution in [0.2, 0.25) is 0 Å². The molecule has 2 rings (SSSR count). The molecule has 20 heavy (non-hydrogen) atoms. The minimum Gasteiger partial charge on any atom is -0.436 e. The SMILES string of the molecule is CCCc1nc(N)cc(Oc2cc(Br)cc(F)c2F)n1. The maximum atomic E-state index is 13.6. The number of ether oxygens (including phenoxy) is 1. The molecule has 0 aliphatic carbocycles. The topological polar surface area (TPSA) is 61.0 Å². The molecular formula is C13H12BrF2N3O.